The van der Waals surface area contributed by atoms with Gasteiger partial charge in [-0.05, 0) is 43.4 Å². The van der Waals surface area contributed by atoms with E-state index in [9.17, 15) is 9.46 Å². The van der Waals surface area contributed by atoms with E-state index >= 15 is 0 Å². The summed E-state index contributed by atoms with van der Waals surface area (Å²) in [7, 11) is -0.542. The fourth-order valence-electron chi connectivity index (χ4n) is 4.09. The molecule has 4 rings (SSSR count). The predicted molar refractivity (Wildman–Crippen MR) is 124 cm³/mol. The number of fused-ring (bicyclic) bond motifs is 1. The van der Waals surface area contributed by atoms with E-state index in [-0.39, 0.29) is 6.61 Å². The van der Waals surface area contributed by atoms with Crippen LogP contribution in [0.5, 0.6) is 11.5 Å². The molecule has 0 radical (unpaired) electrons. The Labute approximate surface area is 187 Å². The lowest BCUT2D eigenvalue weighted by atomic mass is 9.94. The number of aromatic nitrogens is 2. The second kappa shape index (κ2) is 9.86. The number of ether oxygens (including phenoxy) is 2. The molecule has 2 heterocycles. The van der Waals surface area contributed by atoms with Gasteiger partial charge in [-0.2, -0.15) is 0 Å². The van der Waals surface area contributed by atoms with Crippen LogP contribution >= 0.6 is 7.60 Å². The van der Waals surface area contributed by atoms with Crippen LogP contribution in [0.3, 0.4) is 0 Å². The summed E-state index contributed by atoms with van der Waals surface area (Å²) in [5.74, 6) is 2.61. The first kappa shape index (κ1) is 22.5. The van der Waals surface area contributed by atoms with Crippen molar-refractivity contribution in [2.45, 2.75) is 19.3 Å². The van der Waals surface area contributed by atoms with Gasteiger partial charge in [0.15, 0.2) is 11.5 Å². The summed E-state index contributed by atoms with van der Waals surface area (Å²) in [6, 6.07) is 12.3. The van der Waals surface area contributed by atoms with Crippen LogP contribution in [0, 0.1) is 5.92 Å². The summed E-state index contributed by atoms with van der Waals surface area (Å²) in [4.78, 5) is 21.4. The van der Waals surface area contributed by atoms with Crippen LogP contribution in [0.1, 0.15) is 19.3 Å². The van der Waals surface area contributed by atoms with Gasteiger partial charge in [0, 0.05) is 24.5 Å². The Morgan fingerprint density at radius 2 is 1.75 bits per heavy atom. The van der Waals surface area contributed by atoms with Crippen LogP contribution in [-0.2, 0) is 9.09 Å². The van der Waals surface area contributed by atoms with E-state index in [0.29, 0.717) is 22.7 Å². The lowest BCUT2D eigenvalue weighted by Gasteiger charge is -2.33. The summed E-state index contributed by atoms with van der Waals surface area (Å²) < 4.78 is 28.6. The van der Waals surface area contributed by atoms with Crippen LogP contribution in [-0.4, -0.2) is 48.8 Å². The molecule has 0 bridgehead atoms. The van der Waals surface area contributed by atoms with Crippen molar-refractivity contribution >= 4 is 29.6 Å². The van der Waals surface area contributed by atoms with Crippen LogP contribution in [0.4, 0.5) is 5.82 Å². The number of nitrogens with zero attached hydrogens (tertiary/aromatic N) is 3. The third-order valence-electron chi connectivity index (χ3n) is 5.91. The number of benzene rings is 2. The van der Waals surface area contributed by atoms with E-state index in [1.165, 1.54) is 0 Å². The highest BCUT2D eigenvalue weighted by Crippen LogP contribution is 2.41. The molecule has 2 aromatic carbocycles. The Morgan fingerprint density at radius 1 is 1.06 bits per heavy atom. The van der Waals surface area contributed by atoms with Crippen molar-refractivity contribution in [2.24, 2.45) is 5.92 Å². The van der Waals surface area contributed by atoms with Crippen LogP contribution in [0.2, 0.25) is 0 Å². The molecule has 0 aliphatic carbocycles. The van der Waals surface area contributed by atoms with Crippen molar-refractivity contribution in [1.29, 1.82) is 0 Å². The van der Waals surface area contributed by atoms with Crippen LogP contribution in [0.15, 0.2) is 48.8 Å². The van der Waals surface area contributed by atoms with E-state index < -0.39 is 7.60 Å². The molecule has 1 aliphatic rings. The molecule has 1 unspecified atom stereocenters. The molecule has 1 atom stereocenters. The van der Waals surface area contributed by atoms with Crippen LogP contribution in [0.25, 0.3) is 10.9 Å². The molecule has 3 aromatic rings. The van der Waals surface area contributed by atoms with Gasteiger partial charge < -0.3 is 23.8 Å². The summed E-state index contributed by atoms with van der Waals surface area (Å²) >= 11 is 0. The Kier molecular flexibility index (Phi) is 6.94. The van der Waals surface area contributed by atoms with E-state index in [2.05, 4.69) is 14.9 Å². The molecule has 1 aliphatic heterocycles. The van der Waals surface area contributed by atoms with Gasteiger partial charge in [-0.3, -0.25) is 4.57 Å². The highest BCUT2D eigenvalue weighted by molar-refractivity contribution is 7.61. The van der Waals surface area contributed by atoms with Gasteiger partial charge in [0.05, 0.1) is 31.6 Å². The first-order valence-corrected chi connectivity index (χ1v) is 12.2. The van der Waals surface area contributed by atoms with Crippen molar-refractivity contribution in [3.63, 3.8) is 0 Å². The van der Waals surface area contributed by atoms with E-state index in [4.69, 9.17) is 14.0 Å². The zero-order valence-corrected chi connectivity index (χ0v) is 19.2. The second-order valence-electron chi connectivity index (χ2n) is 7.83. The largest absolute Gasteiger partial charge is 0.493 e. The van der Waals surface area contributed by atoms with Crippen molar-refractivity contribution in [3.8, 4) is 11.5 Å². The molecule has 32 heavy (non-hydrogen) atoms. The Morgan fingerprint density at radius 3 is 2.44 bits per heavy atom. The molecule has 1 N–H and O–H groups in total. The van der Waals surface area contributed by atoms with Crippen molar-refractivity contribution < 1.29 is 23.5 Å². The summed E-state index contributed by atoms with van der Waals surface area (Å²) in [5, 5.41) is 1.26. The Balaban J connectivity index is 1.37. The third kappa shape index (κ3) is 4.88. The molecule has 8 nitrogen and oxygen atoms in total. The Bertz CT molecular complexity index is 1100. The maximum Gasteiger partial charge on any atom is 0.358 e. The van der Waals surface area contributed by atoms with Gasteiger partial charge in [0.2, 0.25) is 0 Å². The molecule has 0 saturated carbocycles. The first-order chi connectivity index (χ1) is 15.5. The third-order valence-corrected chi connectivity index (χ3v) is 7.39. The number of rotatable bonds is 8. The van der Waals surface area contributed by atoms with Crippen molar-refractivity contribution in [1.82, 2.24) is 9.97 Å². The zero-order valence-electron chi connectivity index (χ0n) is 18.3. The van der Waals surface area contributed by atoms with Gasteiger partial charge in [0.25, 0.3) is 0 Å². The zero-order chi connectivity index (χ0) is 22.6. The minimum atomic E-state index is -3.76. The standard InChI is InChI=1S/C23H28N3O5P/c1-29-21-14-19-20(15-22(21)30-2)24-16-25-23(19)26-11-8-17(9-12-26)10-13-31-32(27,28)18-6-4-3-5-7-18/h3-7,14-17H,8-13H2,1-2H3,(H,27,28). The molecular weight excluding hydrogens is 429 g/mol. The predicted octanol–water partition coefficient (Wildman–Crippen LogP) is 3.78. The lowest BCUT2D eigenvalue weighted by Crippen LogP contribution is -2.34. The highest BCUT2D eigenvalue weighted by Gasteiger charge is 2.25. The normalized spacial score (nSPS) is 16.7. The van der Waals surface area contributed by atoms with Gasteiger partial charge in [-0.1, -0.05) is 18.2 Å². The molecular formula is C23H28N3O5P. The summed E-state index contributed by atoms with van der Waals surface area (Å²) in [5.41, 5.74) is 0.808. The van der Waals surface area contributed by atoms with Crippen LogP contribution < -0.4 is 19.7 Å². The molecule has 1 fully saturated rings. The van der Waals surface area contributed by atoms with E-state index in [0.717, 1.165) is 49.1 Å². The topological polar surface area (TPSA) is 94.0 Å². The summed E-state index contributed by atoms with van der Waals surface area (Å²) in [6.45, 7) is 1.96. The fraction of sp³-hybridized carbons (Fsp3) is 0.391. The average molecular weight is 457 g/mol. The Hall–Kier alpha value is -2.67. The molecule has 170 valence electrons. The van der Waals surface area contributed by atoms with Crippen molar-refractivity contribution in [2.75, 3.05) is 38.8 Å². The number of hydrogen-bond acceptors (Lipinski definition) is 7. The van der Waals surface area contributed by atoms with Gasteiger partial charge in [-0.25, -0.2) is 9.97 Å². The number of anilines is 1. The number of methoxy groups -OCH3 is 2. The maximum absolute atomic E-state index is 12.4. The minimum Gasteiger partial charge on any atom is -0.493 e. The molecule has 1 saturated heterocycles. The van der Waals surface area contributed by atoms with Gasteiger partial charge in [0.1, 0.15) is 12.1 Å². The fourth-order valence-corrected chi connectivity index (χ4v) is 5.14. The van der Waals surface area contributed by atoms with Gasteiger partial charge >= 0.3 is 7.60 Å². The second-order valence-corrected chi connectivity index (χ2v) is 9.65. The molecule has 0 spiro atoms. The molecule has 9 heteroatoms. The SMILES string of the molecule is COc1cc2ncnc(N3CCC(CCOP(=O)(O)c4ccccc4)CC3)c2cc1OC. The summed E-state index contributed by atoms with van der Waals surface area (Å²) in [6.07, 6.45) is 4.25. The smallest absolute Gasteiger partial charge is 0.358 e. The minimum absolute atomic E-state index is 0.265. The highest BCUT2D eigenvalue weighted by atomic mass is 31.2. The average Bonchev–Trinajstić information content (AvgIpc) is 2.83. The first-order valence-electron chi connectivity index (χ1n) is 10.7. The monoisotopic (exact) mass is 457 g/mol. The maximum atomic E-state index is 12.4. The quantitative estimate of drug-likeness (QED) is 0.511. The molecule has 1 aromatic heterocycles. The van der Waals surface area contributed by atoms with E-state index in [1.807, 2.05) is 18.2 Å². The lowest BCUT2D eigenvalue weighted by molar-refractivity contribution is 0.233. The van der Waals surface area contributed by atoms with Crippen molar-refractivity contribution in [3.05, 3.63) is 48.8 Å². The number of hydrogen-bond donors (Lipinski definition) is 1. The molecule has 0 amide bonds. The van der Waals surface area contributed by atoms with E-state index in [1.54, 1.807) is 44.8 Å². The number of piperidine rings is 1. The van der Waals surface area contributed by atoms with Gasteiger partial charge in [-0.15, -0.1) is 0 Å².